The summed E-state index contributed by atoms with van der Waals surface area (Å²) in [6.07, 6.45) is 0.508. The van der Waals surface area contributed by atoms with Gasteiger partial charge in [-0.05, 0) is 6.92 Å². The molecule has 1 rings (SSSR count). The molecule has 0 aromatic rings. The third kappa shape index (κ3) is 2.24. The molecule has 12 heavy (non-hydrogen) atoms. The van der Waals surface area contributed by atoms with Crippen LogP contribution in [0.1, 0.15) is 13.3 Å². The van der Waals surface area contributed by atoms with E-state index in [9.17, 15) is 9.59 Å². The Morgan fingerprint density at radius 3 is 3.08 bits per heavy atom. The van der Waals surface area contributed by atoms with Crippen molar-refractivity contribution in [1.82, 2.24) is 0 Å². The number of Topliss-reactive ketones (excluding diaryl/α,β-unsaturated/α-hetero) is 1. The van der Waals surface area contributed by atoms with Gasteiger partial charge in [0.1, 0.15) is 11.7 Å². The number of carbonyl (C=O) groups excluding carboxylic acids is 2. The molecule has 1 fully saturated rings. The van der Waals surface area contributed by atoms with E-state index in [1.54, 1.807) is 18.7 Å². The Hall–Kier alpha value is -0.510. The molecule has 1 atom stereocenters. The van der Waals surface area contributed by atoms with Crippen LogP contribution in [0.25, 0.3) is 0 Å². The summed E-state index contributed by atoms with van der Waals surface area (Å²) < 4.78 is 4.78. The number of ketones is 1. The van der Waals surface area contributed by atoms with Crippen molar-refractivity contribution in [2.24, 2.45) is 5.92 Å². The SMILES string of the molecule is CCOC(=O)C1CSCCC1=O. The van der Waals surface area contributed by atoms with Crippen LogP contribution in [0.5, 0.6) is 0 Å². The number of rotatable bonds is 2. The van der Waals surface area contributed by atoms with Crippen molar-refractivity contribution in [3.8, 4) is 0 Å². The Bertz CT molecular complexity index is 191. The van der Waals surface area contributed by atoms with E-state index in [0.29, 0.717) is 18.8 Å². The lowest BCUT2D eigenvalue weighted by molar-refractivity contribution is -0.150. The quantitative estimate of drug-likeness (QED) is 0.476. The highest BCUT2D eigenvalue weighted by molar-refractivity contribution is 7.99. The summed E-state index contributed by atoms with van der Waals surface area (Å²) in [6, 6.07) is 0. The third-order valence-electron chi connectivity index (χ3n) is 1.74. The van der Waals surface area contributed by atoms with Crippen LogP contribution in [0.3, 0.4) is 0 Å². The molecule has 68 valence electrons. The largest absolute Gasteiger partial charge is 0.465 e. The number of hydrogen-bond donors (Lipinski definition) is 0. The van der Waals surface area contributed by atoms with Crippen LogP contribution >= 0.6 is 11.8 Å². The molecule has 1 aliphatic rings. The van der Waals surface area contributed by atoms with Gasteiger partial charge in [0, 0.05) is 17.9 Å². The molecule has 1 saturated heterocycles. The fourth-order valence-electron chi connectivity index (χ4n) is 1.08. The summed E-state index contributed by atoms with van der Waals surface area (Å²) in [5, 5.41) is 0. The van der Waals surface area contributed by atoms with Crippen LogP contribution in [0.4, 0.5) is 0 Å². The molecule has 0 spiro atoms. The molecule has 1 aliphatic heterocycles. The maximum Gasteiger partial charge on any atom is 0.317 e. The van der Waals surface area contributed by atoms with E-state index in [0.717, 1.165) is 5.75 Å². The van der Waals surface area contributed by atoms with E-state index in [2.05, 4.69) is 0 Å². The highest BCUT2D eigenvalue weighted by atomic mass is 32.2. The standard InChI is InChI=1S/C8H12O3S/c1-2-11-8(10)6-5-12-4-3-7(6)9/h6H,2-5H2,1H3. The predicted molar refractivity (Wildman–Crippen MR) is 47.1 cm³/mol. The first kappa shape index (κ1) is 9.58. The van der Waals surface area contributed by atoms with E-state index in [1.165, 1.54) is 0 Å². The second kappa shape index (κ2) is 4.50. The zero-order chi connectivity index (χ0) is 8.97. The van der Waals surface area contributed by atoms with Crippen molar-refractivity contribution in [2.75, 3.05) is 18.1 Å². The van der Waals surface area contributed by atoms with E-state index in [1.807, 2.05) is 0 Å². The van der Waals surface area contributed by atoms with Crippen LogP contribution in [-0.4, -0.2) is 29.9 Å². The van der Waals surface area contributed by atoms with E-state index in [4.69, 9.17) is 4.74 Å². The molecule has 0 aromatic carbocycles. The molecule has 3 nitrogen and oxygen atoms in total. The van der Waals surface area contributed by atoms with E-state index >= 15 is 0 Å². The second-order valence-corrected chi connectivity index (χ2v) is 3.75. The van der Waals surface area contributed by atoms with Gasteiger partial charge in [0.05, 0.1) is 6.61 Å². The Morgan fingerprint density at radius 1 is 1.75 bits per heavy atom. The maximum atomic E-state index is 11.2. The zero-order valence-electron chi connectivity index (χ0n) is 7.04. The van der Waals surface area contributed by atoms with Crippen molar-refractivity contribution in [1.29, 1.82) is 0 Å². The predicted octanol–water partition coefficient (Wildman–Crippen LogP) is 0.872. The molecule has 0 saturated carbocycles. The van der Waals surface area contributed by atoms with Gasteiger partial charge in [0.25, 0.3) is 0 Å². The monoisotopic (exact) mass is 188 g/mol. The zero-order valence-corrected chi connectivity index (χ0v) is 7.86. The fraction of sp³-hybridized carbons (Fsp3) is 0.750. The van der Waals surface area contributed by atoms with Crippen molar-refractivity contribution in [3.63, 3.8) is 0 Å². The van der Waals surface area contributed by atoms with Crippen LogP contribution in [0.2, 0.25) is 0 Å². The number of carbonyl (C=O) groups is 2. The van der Waals surface area contributed by atoms with Crippen molar-refractivity contribution < 1.29 is 14.3 Å². The average molecular weight is 188 g/mol. The van der Waals surface area contributed by atoms with Crippen LogP contribution in [0.15, 0.2) is 0 Å². The first-order valence-corrected chi connectivity index (χ1v) is 5.18. The molecule has 0 amide bonds. The van der Waals surface area contributed by atoms with E-state index < -0.39 is 5.92 Å². The molecule has 0 aliphatic carbocycles. The Morgan fingerprint density at radius 2 is 2.50 bits per heavy atom. The number of hydrogen-bond acceptors (Lipinski definition) is 4. The minimum atomic E-state index is -0.497. The number of thioether (sulfide) groups is 1. The van der Waals surface area contributed by atoms with Gasteiger partial charge in [0.2, 0.25) is 0 Å². The molecular formula is C8H12O3S. The summed E-state index contributed by atoms with van der Waals surface area (Å²) >= 11 is 1.64. The average Bonchev–Trinajstić information content (AvgIpc) is 2.05. The lowest BCUT2D eigenvalue weighted by Gasteiger charge is -2.17. The number of esters is 1. The van der Waals surface area contributed by atoms with E-state index in [-0.39, 0.29) is 11.8 Å². The Balaban J connectivity index is 2.48. The minimum Gasteiger partial charge on any atom is -0.465 e. The maximum absolute atomic E-state index is 11.2. The third-order valence-corrected chi connectivity index (χ3v) is 2.80. The van der Waals surface area contributed by atoms with Gasteiger partial charge in [-0.3, -0.25) is 9.59 Å². The molecule has 1 unspecified atom stereocenters. The van der Waals surface area contributed by atoms with Crippen LogP contribution < -0.4 is 0 Å². The van der Waals surface area contributed by atoms with Crippen LogP contribution in [-0.2, 0) is 14.3 Å². The normalized spacial score (nSPS) is 23.8. The first-order valence-electron chi connectivity index (χ1n) is 4.02. The van der Waals surface area contributed by atoms with Gasteiger partial charge in [-0.1, -0.05) is 0 Å². The minimum absolute atomic E-state index is 0.0344. The summed E-state index contributed by atoms with van der Waals surface area (Å²) in [5.74, 6) is 0.623. The molecular weight excluding hydrogens is 176 g/mol. The van der Waals surface area contributed by atoms with Gasteiger partial charge in [-0.15, -0.1) is 0 Å². The molecule has 4 heteroatoms. The smallest absolute Gasteiger partial charge is 0.317 e. The van der Waals surface area contributed by atoms with Crippen molar-refractivity contribution in [2.45, 2.75) is 13.3 Å². The van der Waals surface area contributed by atoms with Crippen molar-refractivity contribution in [3.05, 3.63) is 0 Å². The van der Waals surface area contributed by atoms with Gasteiger partial charge >= 0.3 is 5.97 Å². The molecule has 1 heterocycles. The Labute approximate surface area is 75.8 Å². The summed E-state index contributed by atoms with van der Waals surface area (Å²) in [4.78, 5) is 22.3. The molecule has 0 bridgehead atoms. The summed E-state index contributed by atoms with van der Waals surface area (Å²) in [6.45, 7) is 2.10. The fourth-order valence-corrected chi connectivity index (χ4v) is 2.15. The summed E-state index contributed by atoms with van der Waals surface area (Å²) in [7, 11) is 0. The highest BCUT2D eigenvalue weighted by Gasteiger charge is 2.30. The van der Waals surface area contributed by atoms with Crippen LogP contribution in [0, 0.1) is 5.92 Å². The first-order chi connectivity index (χ1) is 5.75. The molecule has 0 N–H and O–H groups in total. The second-order valence-electron chi connectivity index (χ2n) is 2.60. The molecule has 0 aromatic heterocycles. The van der Waals surface area contributed by atoms with Crippen molar-refractivity contribution >= 4 is 23.5 Å². The summed E-state index contributed by atoms with van der Waals surface area (Å²) in [5.41, 5.74) is 0. The molecule has 0 radical (unpaired) electrons. The topological polar surface area (TPSA) is 43.4 Å². The number of ether oxygens (including phenoxy) is 1. The Kier molecular flexibility index (Phi) is 3.59. The highest BCUT2D eigenvalue weighted by Crippen LogP contribution is 2.20. The van der Waals surface area contributed by atoms with Gasteiger partial charge in [-0.25, -0.2) is 0 Å². The van der Waals surface area contributed by atoms with Gasteiger partial charge in [-0.2, -0.15) is 11.8 Å². The lowest BCUT2D eigenvalue weighted by atomic mass is 10.0. The lowest BCUT2D eigenvalue weighted by Crippen LogP contribution is -2.31. The van der Waals surface area contributed by atoms with Gasteiger partial charge < -0.3 is 4.74 Å². The van der Waals surface area contributed by atoms with Gasteiger partial charge in [0.15, 0.2) is 0 Å².